The largest absolute Gasteiger partial charge is 0.248 e. The van der Waals surface area contributed by atoms with E-state index in [0.29, 0.717) is 17.5 Å². The van der Waals surface area contributed by atoms with E-state index in [-0.39, 0.29) is 0 Å². The maximum atomic E-state index is 5.27. The van der Waals surface area contributed by atoms with Gasteiger partial charge in [-0.3, -0.25) is 0 Å². The van der Waals surface area contributed by atoms with Crippen molar-refractivity contribution >= 4 is 53.2 Å². The van der Waals surface area contributed by atoms with Gasteiger partial charge in [-0.15, -0.1) is 11.3 Å². The monoisotopic (exact) mass is 744 g/mol. The number of fused-ring (bicyclic) bond motifs is 6. The Morgan fingerprint density at radius 1 is 0.333 bits per heavy atom. The number of thiophene rings is 1. The van der Waals surface area contributed by atoms with Crippen LogP contribution in [-0.2, 0) is 0 Å². The van der Waals surface area contributed by atoms with E-state index < -0.39 is 0 Å². The zero-order valence-electron chi connectivity index (χ0n) is 30.7. The maximum Gasteiger partial charge on any atom is 0.164 e. The van der Waals surface area contributed by atoms with Crippen molar-refractivity contribution in [3.63, 3.8) is 0 Å². The number of rotatable bonds is 6. The maximum absolute atomic E-state index is 5.27. The standard InChI is InChI=1S/C52H32N4S/c1-4-16-34(17-5-1)46-32-44(48-40-22-11-10-15-33(40)27-28-45(48)53-46)38-29-37(41-24-14-25-43-42-23-12-13-26-47(42)57-49(41)43)30-39(31-38)52-55-50(35-18-6-2-7-19-35)54-51(56-52)36-20-8-3-9-21-36/h1-32H. The van der Waals surface area contributed by atoms with Crippen LogP contribution in [0.5, 0.6) is 0 Å². The van der Waals surface area contributed by atoms with E-state index in [1.807, 2.05) is 53.8 Å². The van der Waals surface area contributed by atoms with E-state index in [2.05, 4.69) is 152 Å². The molecule has 0 radical (unpaired) electrons. The van der Waals surface area contributed by atoms with E-state index in [4.69, 9.17) is 19.9 Å². The van der Waals surface area contributed by atoms with Crippen molar-refractivity contribution in [3.8, 4) is 67.7 Å². The third-order valence-corrected chi connectivity index (χ3v) is 11.9. The second-order valence-corrected chi connectivity index (χ2v) is 15.3. The molecule has 57 heavy (non-hydrogen) atoms. The molecule has 4 nitrogen and oxygen atoms in total. The van der Waals surface area contributed by atoms with Crippen LogP contribution in [0, 0.1) is 0 Å². The number of hydrogen-bond acceptors (Lipinski definition) is 5. The number of hydrogen-bond donors (Lipinski definition) is 0. The first-order valence-corrected chi connectivity index (χ1v) is 19.9. The zero-order chi connectivity index (χ0) is 37.7. The minimum atomic E-state index is 0.612. The smallest absolute Gasteiger partial charge is 0.164 e. The lowest BCUT2D eigenvalue weighted by atomic mass is 9.91. The summed E-state index contributed by atoms with van der Waals surface area (Å²) in [6.45, 7) is 0. The molecule has 0 aliphatic carbocycles. The Morgan fingerprint density at radius 3 is 1.58 bits per heavy atom. The van der Waals surface area contributed by atoms with Gasteiger partial charge in [-0.25, -0.2) is 19.9 Å². The highest BCUT2D eigenvalue weighted by Gasteiger charge is 2.19. The van der Waals surface area contributed by atoms with Gasteiger partial charge in [-0.05, 0) is 69.4 Å². The number of benzene rings is 8. The third kappa shape index (κ3) is 5.93. The summed E-state index contributed by atoms with van der Waals surface area (Å²) >= 11 is 1.84. The summed E-state index contributed by atoms with van der Waals surface area (Å²) in [5, 5.41) is 5.97. The van der Waals surface area contributed by atoms with Crippen LogP contribution in [0.3, 0.4) is 0 Å². The fraction of sp³-hybridized carbons (Fsp3) is 0. The van der Waals surface area contributed by atoms with Crippen molar-refractivity contribution in [2.45, 2.75) is 0 Å². The Labute approximate surface area is 333 Å². The van der Waals surface area contributed by atoms with Crippen LogP contribution < -0.4 is 0 Å². The van der Waals surface area contributed by atoms with E-state index in [1.165, 1.54) is 31.1 Å². The summed E-state index contributed by atoms with van der Waals surface area (Å²) in [6.07, 6.45) is 0. The topological polar surface area (TPSA) is 51.6 Å². The Morgan fingerprint density at radius 2 is 0.877 bits per heavy atom. The van der Waals surface area contributed by atoms with Crippen molar-refractivity contribution in [1.82, 2.24) is 19.9 Å². The van der Waals surface area contributed by atoms with E-state index in [0.717, 1.165) is 60.9 Å². The molecule has 8 aromatic carbocycles. The molecule has 11 aromatic rings. The van der Waals surface area contributed by atoms with Crippen molar-refractivity contribution in [2.75, 3.05) is 0 Å². The van der Waals surface area contributed by atoms with Gasteiger partial charge < -0.3 is 0 Å². The van der Waals surface area contributed by atoms with E-state index in [1.54, 1.807) is 0 Å². The predicted octanol–water partition coefficient (Wildman–Crippen LogP) is 13.9. The van der Waals surface area contributed by atoms with Crippen LogP contribution in [0.15, 0.2) is 194 Å². The Hall–Kier alpha value is -7.34. The fourth-order valence-corrected chi connectivity index (χ4v) is 9.21. The molecule has 0 saturated carbocycles. The second-order valence-electron chi connectivity index (χ2n) is 14.2. The lowest BCUT2D eigenvalue weighted by molar-refractivity contribution is 1.07. The van der Waals surface area contributed by atoms with Gasteiger partial charge in [-0.1, -0.05) is 158 Å². The summed E-state index contributed by atoms with van der Waals surface area (Å²) in [5.41, 5.74) is 10.1. The summed E-state index contributed by atoms with van der Waals surface area (Å²) in [7, 11) is 0. The molecule has 0 amide bonds. The molecule has 0 aliphatic rings. The highest BCUT2D eigenvalue weighted by Crippen LogP contribution is 2.44. The van der Waals surface area contributed by atoms with Crippen molar-refractivity contribution < 1.29 is 0 Å². The summed E-state index contributed by atoms with van der Waals surface area (Å²) in [6, 6.07) is 68.1. The van der Waals surface area contributed by atoms with Crippen LogP contribution in [0.4, 0.5) is 0 Å². The van der Waals surface area contributed by atoms with Gasteiger partial charge in [0.15, 0.2) is 17.5 Å². The van der Waals surface area contributed by atoms with Crippen LogP contribution >= 0.6 is 11.3 Å². The first-order chi connectivity index (χ1) is 28.2. The van der Waals surface area contributed by atoms with E-state index >= 15 is 0 Å². The molecule has 0 bridgehead atoms. The quantitative estimate of drug-likeness (QED) is 0.159. The van der Waals surface area contributed by atoms with Crippen molar-refractivity contribution in [2.24, 2.45) is 0 Å². The first-order valence-electron chi connectivity index (χ1n) is 19.0. The highest BCUT2D eigenvalue weighted by molar-refractivity contribution is 7.26. The van der Waals surface area contributed by atoms with Gasteiger partial charge >= 0.3 is 0 Å². The highest BCUT2D eigenvalue weighted by atomic mass is 32.1. The fourth-order valence-electron chi connectivity index (χ4n) is 7.97. The van der Waals surface area contributed by atoms with Gasteiger partial charge in [0.2, 0.25) is 0 Å². The number of nitrogens with zero attached hydrogens (tertiary/aromatic N) is 4. The van der Waals surface area contributed by atoms with Crippen LogP contribution in [0.1, 0.15) is 0 Å². The Kier molecular flexibility index (Phi) is 7.97. The normalized spacial score (nSPS) is 11.5. The molecular weight excluding hydrogens is 713 g/mol. The molecule has 0 N–H and O–H groups in total. The zero-order valence-corrected chi connectivity index (χ0v) is 31.5. The first kappa shape index (κ1) is 33.0. The predicted molar refractivity (Wildman–Crippen MR) is 238 cm³/mol. The Balaban J connectivity index is 1.24. The van der Waals surface area contributed by atoms with Gasteiger partial charge in [0.1, 0.15) is 0 Å². The minimum absolute atomic E-state index is 0.612. The summed E-state index contributed by atoms with van der Waals surface area (Å²) in [5.74, 6) is 1.87. The summed E-state index contributed by atoms with van der Waals surface area (Å²) < 4.78 is 2.52. The average molecular weight is 745 g/mol. The van der Waals surface area contributed by atoms with Crippen molar-refractivity contribution in [3.05, 3.63) is 194 Å². The molecule has 0 fully saturated rings. The minimum Gasteiger partial charge on any atom is -0.248 e. The van der Waals surface area contributed by atoms with Gasteiger partial charge in [0.05, 0.1) is 11.2 Å². The molecule has 3 aromatic heterocycles. The molecule has 5 heteroatoms. The molecular formula is C52H32N4S. The molecule has 0 unspecified atom stereocenters. The molecule has 0 aliphatic heterocycles. The molecule has 0 atom stereocenters. The van der Waals surface area contributed by atoms with Crippen molar-refractivity contribution in [1.29, 1.82) is 0 Å². The molecule has 3 heterocycles. The SMILES string of the molecule is c1ccc(-c2cc(-c3cc(-c4nc(-c5ccccc5)nc(-c5ccccc5)n4)cc(-c4cccc5c4sc4ccccc45)c3)c3c(ccc4ccccc43)n2)cc1. The second kappa shape index (κ2) is 13.7. The number of pyridine rings is 1. The lowest BCUT2D eigenvalue weighted by Crippen LogP contribution is -2.00. The lowest BCUT2D eigenvalue weighted by Gasteiger charge is -2.16. The van der Waals surface area contributed by atoms with Gasteiger partial charge in [0.25, 0.3) is 0 Å². The van der Waals surface area contributed by atoms with E-state index in [9.17, 15) is 0 Å². The summed E-state index contributed by atoms with van der Waals surface area (Å²) in [4.78, 5) is 20.7. The van der Waals surface area contributed by atoms with Gasteiger partial charge in [-0.2, -0.15) is 0 Å². The van der Waals surface area contributed by atoms with Crippen LogP contribution in [-0.4, -0.2) is 19.9 Å². The average Bonchev–Trinajstić information content (AvgIpc) is 3.68. The molecule has 0 spiro atoms. The van der Waals surface area contributed by atoms with Gasteiger partial charge in [0, 0.05) is 47.8 Å². The van der Waals surface area contributed by atoms with Crippen LogP contribution in [0.25, 0.3) is 110 Å². The molecule has 11 rings (SSSR count). The van der Waals surface area contributed by atoms with Crippen LogP contribution in [0.2, 0.25) is 0 Å². The molecule has 0 saturated heterocycles. The number of aromatic nitrogens is 4. The molecule has 266 valence electrons. The Bertz CT molecular complexity index is 3230. The third-order valence-electron chi connectivity index (χ3n) is 10.7.